The molecule has 0 aliphatic carbocycles. The van der Waals surface area contributed by atoms with Crippen molar-refractivity contribution in [3.8, 4) is 5.82 Å². The number of aliphatic hydroxyl groups is 1. The number of nitrogens with one attached hydrogen (secondary N) is 1. The molecule has 25 heavy (non-hydrogen) atoms. The smallest absolute Gasteiger partial charge is 0.153 e. The van der Waals surface area contributed by atoms with Crippen LogP contribution in [0.25, 0.3) is 5.82 Å². The maximum absolute atomic E-state index is 10.9. The Morgan fingerprint density at radius 3 is 2.48 bits per heavy atom. The van der Waals surface area contributed by atoms with E-state index in [1.54, 1.807) is 24.0 Å². The molecule has 0 radical (unpaired) electrons. The Kier molecular flexibility index (Phi) is 4.47. The van der Waals surface area contributed by atoms with Crippen molar-refractivity contribution in [2.45, 2.75) is 46.1 Å². The Morgan fingerprint density at radius 1 is 1.08 bits per heavy atom. The van der Waals surface area contributed by atoms with Gasteiger partial charge in [-0.2, -0.15) is 5.10 Å². The normalized spacial score (nSPS) is 14.4. The van der Waals surface area contributed by atoms with Gasteiger partial charge in [0, 0.05) is 42.5 Å². The van der Waals surface area contributed by atoms with Gasteiger partial charge in [-0.25, -0.2) is 14.6 Å². The first kappa shape index (κ1) is 17.4. The van der Waals surface area contributed by atoms with Gasteiger partial charge in [0.1, 0.15) is 5.82 Å². The minimum Gasteiger partial charge on any atom is -0.385 e. The number of H-pyrrole nitrogens is 1. The monoisotopic (exact) mass is 339 g/mol. The number of aromatic amines is 1. The Labute approximate surface area is 148 Å². The molecule has 0 aliphatic rings. The van der Waals surface area contributed by atoms with E-state index in [0.29, 0.717) is 6.42 Å². The zero-order valence-corrected chi connectivity index (χ0v) is 15.2. The molecule has 0 bridgehead atoms. The average Bonchev–Trinajstić information content (AvgIpc) is 3.17. The second kappa shape index (κ2) is 6.44. The summed E-state index contributed by atoms with van der Waals surface area (Å²) >= 11 is 0. The van der Waals surface area contributed by atoms with Gasteiger partial charge < -0.3 is 10.1 Å². The van der Waals surface area contributed by atoms with E-state index in [9.17, 15) is 5.11 Å². The minimum atomic E-state index is -1.05. The molecule has 0 saturated heterocycles. The van der Waals surface area contributed by atoms with Crippen LogP contribution in [0.5, 0.6) is 0 Å². The first-order valence-corrected chi connectivity index (χ1v) is 8.45. The number of hydrogen-bond acceptors (Lipinski definition) is 4. The third kappa shape index (κ3) is 4.33. The van der Waals surface area contributed by atoms with Crippen molar-refractivity contribution in [3.05, 3.63) is 60.1 Å². The van der Waals surface area contributed by atoms with Crippen LogP contribution in [0.3, 0.4) is 0 Å². The van der Waals surface area contributed by atoms with E-state index in [2.05, 4.69) is 40.8 Å². The summed E-state index contributed by atoms with van der Waals surface area (Å²) in [4.78, 5) is 12.1. The van der Waals surface area contributed by atoms with Gasteiger partial charge in [-0.15, -0.1) is 0 Å². The molecule has 0 aromatic carbocycles. The van der Waals surface area contributed by atoms with Crippen LogP contribution in [0.1, 0.15) is 44.8 Å². The number of hydrogen-bond donors (Lipinski definition) is 2. The van der Waals surface area contributed by atoms with Crippen LogP contribution in [0.2, 0.25) is 0 Å². The molecule has 3 aromatic rings. The van der Waals surface area contributed by atoms with Crippen molar-refractivity contribution in [2.75, 3.05) is 0 Å². The summed E-state index contributed by atoms with van der Waals surface area (Å²) in [6.07, 6.45) is 8.41. The Morgan fingerprint density at radius 2 is 1.88 bits per heavy atom. The molecule has 3 rings (SSSR count). The summed E-state index contributed by atoms with van der Waals surface area (Å²) < 4.78 is 1.68. The average molecular weight is 339 g/mol. The summed E-state index contributed by atoms with van der Waals surface area (Å²) in [6.45, 7) is 8.35. The van der Waals surface area contributed by atoms with Crippen molar-refractivity contribution in [1.82, 2.24) is 24.7 Å². The van der Waals surface area contributed by atoms with Gasteiger partial charge in [0.05, 0.1) is 5.60 Å². The van der Waals surface area contributed by atoms with E-state index in [1.165, 1.54) is 0 Å². The topological polar surface area (TPSA) is 79.6 Å². The maximum Gasteiger partial charge on any atom is 0.153 e. The SMILES string of the molecule is CC(C)(C)Cc1cnc(CC(C)(O)c2ccc(-n3cccn3)nc2)[nH]1. The van der Waals surface area contributed by atoms with E-state index in [0.717, 1.165) is 29.3 Å². The lowest BCUT2D eigenvalue weighted by atomic mass is 9.91. The molecule has 6 nitrogen and oxygen atoms in total. The second-order valence-corrected chi connectivity index (χ2v) is 7.90. The van der Waals surface area contributed by atoms with Crippen LogP contribution in [0.4, 0.5) is 0 Å². The molecule has 3 heterocycles. The molecule has 0 fully saturated rings. The zero-order chi connectivity index (χ0) is 18.1. The number of nitrogens with zero attached hydrogens (tertiary/aromatic N) is 4. The highest BCUT2D eigenvalue weighted by molar-refractivity contribution is 5.28. The summed E-state index contributed by atoms with van der Waals surface area (Å²) in [5.74, 6) is 1.50. The number of imidazole rings is 1. The van der Waals surface area contributed by atoms with Gasteiger partial charge in [0.25, 0.3) is 0 Å². The van der Waals surface area contributed by atoms with E-state index in [1.807, 2.05) is 30.6 Å². The Hall–Kier alpha value is -2.47. The molecule has 2 N–H and O–H groups in total. The van der Waals surface area contributed by atoms with Crippen LogP contribution >= 0.6 is 0 Å². The van der Waals surface area contributed by atoms with Crippen molar-refractivity contribution in [2.24, 2.45) is 5.41 Å². The van der Waals surface area contributed by atoms with E-state index >= 15 is 0 Å². The zero-order valence-electron chi connectivity index (χ0n) is 15.2. The molecule has 6 heteroatoms. The maximum atomic E-state index is 10.9. The second-order valence-electron chi connectivity index (χ2n) is 7.90. The molecule has 0 aliphatic heterocycles. The molecular weight excluding hydrogens is 314 g/mol. The summed E-state index contributed by atoms with van der Waals surface area (Å²) in [5.41, 5.74) is 0.980. The van der Waals surface area contributed by atoms with Gasteiger partial charge in [0.15, 0.2) is 5.82 Å². The molecule has 0 spiro atoms. The fourth-order valence-corrected chi connectivity index (χ4v) is 2.83. The Balaban J connectivity index is 1.73. The standard InChI is InChI=1S/C19H25N5O/c1-18(2,3)10-15-13-20-16(23-15)11-19(4,25)14-6-7-17(21-12-14)24-9-5-8-22-24/h5-9,12-13,25H,10-11H2,1-4H3,(H,20,23). The van der Waals surface area contributed by atoms with Crippen molar-refractivity contribution < 1.29 is 5.11 Å². The largest absolute Gasteiger partial charge is 0.385 e. The van der Waals surface area contributed by atoms with Crippen molar-refractivity contribution in [1.29, 1.82) is 0 Å². The minimum absolute atomic E-state index is 0.193. The van der Waals surface area contributed by atoms with Gasteiger partial charge in [-0.05, 0) is 30.9 Å². The highest BCUT2D eigenvalue weighted by Gasteiger charge is 2.26. The first-order valence-electron chi connectivity index (χ1n) is 8.45. The predicted molar refractivity (Wildman–Crippen MR) is 96.4 cm³/mol. The summed E-state index contributed by atoms with van der Waals surface area (Å²) in [6, 6.07) is 5.57. The summed E-state index contributed by atoms with van der Waals surface area (Å²) in [7, 11) is 0. The van der Waals surface area contributed by atoms with Gasteiger partial charge in [-0.1, -0.05) is 26.8 Å². The highest BCUT2D eigenvalue weighted by Crippen LogP contribution is 2.25. The van der Waals surface area contributed by atoms with Crippen LogP contribution in [-0.2, 0) is 18.4 Å². The highest BCUT2D eigenvalue weighted by atomic mass is 16.3. The number of aromatic nitrogens is 5. The lowest BCUT2D eigenvalue weighted by Crippen LogP contribution is -2.25. The van der Waals surface area contributed by atoms with E-state index in [-0.39, 0.29) is 5.41 Å². The summed E-state index contributed by atoms with van der Waals surface area (Å²) in [5, 5.41) is 15.0. The third-order valence-electron chi connectivity index (χ3n) is 4.02. The third-order valence-corrected chi connectivity index (χ3v) is 4.02. The van der Waals surface area contributed by atoms with Crippen LogP contribution in [-0.4, -0.2) is 29.8 Å². The van der Waals surface area contributed by atoms with Gasteiger partial charge in [0.2, 0.25) is 0 Å². The van der Waals surface area contributed by atoms with E-state index < -0.39 is 5.60 Å². The fourth-order valence-electron chi connectivity index (χ4n) is 2.83. The van der Waals surface area contributed by atoms with Gasteiger partial charge in [-0.3, -0.25) is 0 Å². The van der Waals surface area contributed by atoms with E-state index in [4.69, 9.17) is 0 Å². The molecule has 0 saturated carbocycles. The molecule has 132 valence electrons. The fraction of sp³-hybridized carbons (Fsp3) is 0.421. The molecule has 1 unspecified atom stereocenters. The molecular formula is C19H25N5O. The van der Waals surface area contributed by atoms with Crippen LogP contribution in [0.15, 0.2) is 43.0 Å². The van der Waals surface area contributed by atoms with Crippen molar-refractivity contribution in [3.63, 3.8) is 0 Å². The lowest BCUT2D eigenvalue weighted by Gasteiger charge is -2.22. The van der Waals surface area contributed by atoms with Crippen LogP contribution in [0, 0.1) is 5.41 Å². The quantitative estimate of drug-likeness (QED) is 0.749. The van der Waals surface area contributed by atoms with Crippen LogP contribution < -0.4 is 0 Å². The molecule has 3 aromatic heterocycles. The predicted octanol–water partition coefficient (Wildman–Crippen LogP) is 3.03. The number of pyridine rings is 1. The lowest BCUT2D eigenvalue weighted by molar-refractivity contribution is 0.0553. The van der Waals surface area contributed by atoms with Crippen molar-refractivity contribution >= 4 is 0 Å². The number of rotatable bonds is 5. The molecule has 1 atom stereocenters. The Bertz CT molecular complexity index is 810. The first-order chi connectivity index (χ1) is 11.7. The molecule has 0 amide bonds. The van der Waals surface area contributed by atoms with Gasteiger partial charge >= 0.3 is 0 Å².